The molecular weight excluding hydrogens is 276 g/mol. The Labute approximate surface area is 123 Å². The molecule has 20 heavy (non-hydrogen) atoms. The van der Waals surface area contributed by atoms with Crippen LogP contribution in [-0.4, -0.2) is 21.5 Å². The highest BCUT2D eigenvalue weighted by Gasteiger charge is 2.21. The Balaban J connectivity index is 2.31. The predicted octanol–water partition coefficient (Wildman–Crippen LogP) is 3.60. The van der Waals surface area contributed by atoms with E-state index in [-0.39, 0.29) is 6.04 Å². The van der Waals surface area contributed by atoms with Gasteiger partial charge in [0.15, 0.2) is 0 Å². The van der Waals surface area contributed by atoms with E-state index in [2.05, 4.69) is 5.10 Å². The minimum absolute atomic E-state index is 0.134. The van der Waals surface area contributed by atoms with Crippen LogP contribution < -0.4 is 4.74 Å². The summed E-state index contributed by atoms with van der Waals surface area (Å²) in [5, 5.41) is 15.2. The van der Waals surface area contributed by atoms with Gasteiger partial charge in [-0.15, -0.1) is 0 Å². The lowest BCUT2D eigenvalue weighted by Crippen LogP contribution is -2.12. The maximum absolute atomic E-state index is 10.5. The minimum Gasteiger partial charge on any atom is -0.494 e. The maximum Gasteiger partial charge on any atom is 0.122 e. The first-order valence-corrected chi connectivity index (χ1v) is 7.06. The second kappa shape index (κ2) is 6.29. The zero-order chi connectivity index (χ0) is 14.7. The quantitative estimate of drug-likeness (QED) is 0.916. The van der Waals surface area contributed by atoms with E-state index in [1.807, 2.05) is 45.0 Å². The zero-order valence-electron chi connectivity index (χ0n) is 11.9. The van der Waals surface area contributed by atoms with Crippen LogP contribution in [0.25, 0.3) is 0 Å². The summed E-state index contributed by atoms with van der Waals surface area (Å²) in [7, 11) is 0. The molecule has 108 valence electrons. The van der Waals surface area contributed by atoms with Gasteiger partial charge in [0.25, 0.3) is 0 Å². The van der Waals surface area contributed by atoms with E-state index in [9.17, 15) is 5.11 Å². The van der Waals surface area contributed by atoms with Gasteiger partial charge in [-0.25, -0.2) is 0 Å². The van der Waals surface area contributed by atoms with E-state index >= 15 is 0 Å². The SMILES string of the molecule is CCOc1ccc(C(O)c2c(Cl)cnn2C(C)C)cc1. The molecule has 0 aliphatic heterocycles. The lowest BCUT2D eigenvalue weighted by Gasteiger charge is -2.17. The summed E-state index contributed by atoms with van der Waals surface area (Å²) in [4.78, 5) is 0. The number of aliphatic hydroxyl groups excluding tert-OH is 1. The van der Waals surface area contributed by atoms with Crippen LogP contribution in [0, 0.1) is 0 Å². The van der Waals surface area contributed by atoms with Crippen molar-refractivity contribution in [2.45, 2.75) is 32.9 Å². The first kappa shape index (κ1) is 14.9. The number of benzene rings is 1. The van der Waals surface area contributed by atoms with Crippen molar-refractivity contribution in [1.29, 1.82) is 0 Å². The Morgan fingerprint density at radius 2 is 1.95 bits per heavy atom. The van der Waals surface area contributed by atoms with Crippen LogP contribution >= 0.6 is 11.6 Å². The van der Waals surface area contributed by atoms with Gasteiger partial charge in [-0.1, -0.05) is 23.7 Å². The number of rotatable bonds is 5. The summed E-state index contributed by atoms with van der Waals surface area (Å²) in [6, 6.07) is 7.49. The van der Waals surface area contributed by atoms with Gasteiger partial charge in [0.1, 0.15) is 11.9 Å². The van der Waals surface area contributed by atoms with E-state index < -0.39 is 6.10 Å². The maximum atomic E-state index is 10.5. The summed E-state index contributed by atoms with van der Waals surface area (Å²) in [5.41, 5.74) is 1.38. The summed E-state index contributed by atoms with van der Waals surface area (Å²) < 4.78 is 7.13. The lowest BCUT2D eigenvalue weighted by atomic mass is 10.1. The van der Waals surface area contributed by atoms with Crippen LogP contribution in [0.1, 0.15) is 44.2 Å². The van der Waals surface area contributed by atoms with E-state index in [0.29, 0.717) is 17.3 Å². The summed E-state index contributed by atoms with van der Waals surface area (Å²) in [5.74, 6) is 0.784. The van der Waals surface area contributed by atoms with Gasteiger partial charge in [-0.05, 0) is 38.5 Å². The van der Waals surface area contributed by atoms with Crippen molar-refractivity contribution in [2.24, 2.45) is 0 Å². The van der Waals surface area contributed by atoms with Crippen molar-refractivity contribution in [1.82, 2.24) is 9.78 Å². The monoisotopic (exact) mass is 294 g/mol. The third-order valence-electron chi connectivity index (χ3n) is 3.04. The lowest BCUT2D eigenvalue weighted by molar-refractivity contribution is 0.205. The molecule has 1 unspecified atom stereocenters. The Morgan fingerprint density at radius 1 is 1.30 bits per heavy atom. The second-order valence-corrected chi connectivity index (χ2v) is 5.23. The molecule has 1 atom stereocenters. The highest BCUT2D eigenvalue weighted by Crippen LogP contribution is 2.30. The summed E-state index contributed by atoms with van der Waals surface area (Å²) in [6.45, 7) is 6.55. The molecule has 0 fully saturated rings. The minimum atomic E-state index is -0.803. The highest BCUT2D eigenvalue weighted by atomic mass is 35.5. The van der Waals surface area contributed by atoms with Crippen molar-refractivity contribution in [2.75, 3.05) is 6.61 Å². The molecule has 5 heteroatoms. The molecule has 1 N–H and O–H groups in total. The molecule has 4 nitrogen and oxygen atoms in total. The molecule has 0 radical (unpaired) electrons. The topological polar surface area (TPSA) is 47.3 Å². The molecule has 1 heterocycles. The van der Waals surface area contributed by atoms with Crippen molar-refractivity contribution in [3.05, 3.63) is 46.7 Å². The number of aromatic nitrogens is 2. The molecule has 0 saturated heterocycles. The van der Waals surface area contributed by atoms with Crippen molar-refractivity contribution < 1.29 is 9.84 Å². The molecular formula is C15H19ClN2O2. The molecule has 1 aromatic heterocycles. The molecule has 0 amide bonds. The number of aliphatic hydroxyl groups is 1. The molecule has 0 aliphatic carbocycles. The fourth-order valence-corrected chi connectivity index (χ4v) is 2.32. The standard InChI is InChI=1S/C15H19ClN2O2/c1-4-20-12-7-5-11(6-8-12)15(19)14-13(16)9-17-18(14)10(2)3/h5-10,15,19H,4H2,1-3H3. The smallest absolute Gasteiger partial charge is 0.122 e. The number of ether oxygens (including phenoxy) is 1. The molecule has 1 aromatic carbocycles. The van der Waals surface area contributed by atoms with Crippen molar-refractivity contribution in [3.8, 4) is 5.75 Å². The third-order valence-corrected chi connectivity index (χ3v) is 3.33. The van der Waals surface area contributed by atoms with E-state index in [1.54, 1.807) is 10.9 Å². The van der Waals surface area contributed by atoms with E-state index in [4.69, 9.17) is 16.3 Å². The number of hydrogen-bond acceptors (Lipinski definition) is 3. The Morgan fingerprint density at radius 3 is 2.50 bits per heavy atom. The normalized spacial score (nSPS) is 12.7. The van der Waals surface area contributed by atoms with Gasteiger partial charge >= 0.3 is 0 Å². The number of halogens is 1. The van der Waals surface area contributed by atoms with Gasteiger partial charge in [-0.3, -0.25) is 4.68 Å². The van der Waals surface area contributed by atoms with Gasteiger partial charge in [-0.2, -0.15) is 5.10 Å². The summed E-state index contributed by atoms with van der Waals surface area (Å²) in [6.07, 6.45) is 0.761. The van der Waals surface area contributed by atoms with E-state index in [0.717, 1.165) is 11.3 Å². The Bertz CT molecular complexity index is 564. The average Bonchev–Trinajstić information content (AvgIpc) is 2.81. The van der Waals surface area contributed by atoms with Gasteiger partial charge in [0.05, 0.1) is 23.5 Å². The average molecular weight is 295 g/mol. The predicted molar refractivity (Wildman–Crippen MR) is 79.3 cm³/mol. The largest absolute Gasteiger partial charge is 0.494 e. The molecule has 0 spiro atoms. The third kappa shape index (κ3) is 2.97. The number of hydrogen-bond donors (Lipinski definition) is 1. The van der Waals surface area contributed by atoms with Crippen LogP contribution in [0.15, 0.2) is 30.5 Å². The van der Waals surface area contributed by atoms with Crippen LogP contribution in [0.2, 0.25) is 5.02 Å². The van der Waals surface area contributed by atoms with Crippen LogP contribution in [0.5, 0.6) is 5.75 Å². The second-order valence-electron chi connectivity index (χ2n) is 4.82. The summed E-state index contributed by atoms with van der Waals surface area (Å²) >= 11 is 6.15. The number of nitrogens with zero attached hydrogens (tertiary/aromatic N) is 2. The van der Waals surface area contributed by atoms with E-state index in [1.165, 1.54) is 0 Å². The van der Waals surface area contributed by atoms with Gasteiger partial charge < -0.3 is 9.84 Å². The highest BCUT2D eigenvalue weighted by molar-refractivity contribution is 6.31. The van der Waals surface area contributed by atoms with Crippen molar-refractivity contribution in [3.63, 3.8) is 0 Å². The molecule has 2 rings (SSSR count). The van der Waals surface area contributed by atoms with Crippen molar-refractivity contribution >= 4 is 11.6 Å². The van der Waals surface area contributed by atoms with Crippen LogP contribution in [-0.2, 0) is 0 Å². The first-order chi connectivity index (χ1) is 9.54. The Hall–Kier alpha value is -1.52. The molecule has 2 aromatic rings. The molecule has 0 bridgehead atoms. The molecule has 0 aliphatic rings. The zero-order valence-corrected chi connectivity index (χ0v) is 12.6. The van der Waals surface area contributed by atoms with Crippen LogP contribution in [0.4, 0.5) is 0 Å². The van der Waals surface area contributed by atoms with Gasteiger partial charge in [0, 0.05) is 6.04 Å². The van der Waals surface area contributed by atoms with Gasteiger partial charge in [0.2, 0.25) is 0 Å². The fraction of sp³-hybridized carbons (Fsp3) is 0.400. The fourth-order valence-electron chi connectivity index (χ4n) is 2.09. The molecule has 0 saturated carbocycles. The Kier molecular flexibility index (Phi) is 4.68. The van der Waals surface area contributed by atoms with Crippen LogP contribution in [0.3, 0.4) is 0 Å². The first-order valence-electron chi connectivity index (χ1n) is 6.68.